The van der Waals surface area contributed by atoms with E-state index < -0.39 is 6.04 Å². The number of methoxy groups -OCH3 is 3. The lowest BCUT2D eigenvalue weighted by atomic mass is 9.92. The van der Waals surface area contributed by atoms with E-state index in [2.05, 4.69) is 5.32 Å². The van der Waals surface area contributed by atoms with Crippen molar-refractivity contribution in [2.24, 2.45) is 11.7 Å². The number of hydrogen-bond donors (Lipinski definition) is 2. The number of benzene rings is 1. The van der Waals surface area contributed by atoms with Crippen molar-refractivity contribution in [3.63, 3.8) is 0 Å². The third-order valence-corrected chi connectivity index (χ3v) is 4.01. The number of carbonyl (C=O) groups excluding carboxylic acids is 1. The molecule has 7 nitrogen and oxygen atoms in total. The molecule has 2 rings (SSSR count). The minimum Gasteiger partial charge on any atom is -0.493 e. The minimum atomic E-state index is -0.571. The average molecular weight is 361 g/mol. The summed E-state index contributed by atoms with van der Waals surface area (Å²) in [4.78, 5) is 12.4. The number of nitrogens with one attached hydrogen (secondary N) is 1. The summed E-state index contributed by atoms with van der Waals surface area (Å²) in [6, 6.07) is 2.78. The van der Waals surface area contributed by atoms with Crippen molar-refractivity contribution in [3.05, 3.63) is 12.1 Å². The lowest BCUT2D eigenvalue weighted by Gasteiger charge is -2.26. The molecule has 8 heteroatoms. The molecular formula is C16H25ClN2O5. The Kier molecular flexibility index (Phi) is 8.10. The third-order valence-electron chi connectivity index (χ3n) is 4.01. The first-order chi connectivity index (χ1) is 11.1. The monoisotopic (exact) mass is 360 g/mol. The summed E-state index contributed by atoms with van der Waals surface area (Å²) < 4.78 is 21.1. The number of nitrogens with two attached hydrogens (primary N) is 1. The van der Waals surface area contributed by atoms with Crippen LogP contribution in [0.3, 0.4) is 0 Å². The van der Waals surface area contributed by atoms with E-state index in [0.717, 1.165) is 12.8 Å². The molecule has 0 saturated carbocycles. The van der Waals surface area contributed by atoms with Crippen LogP contribution in [-0.4, -0.2) is 46.5 Å². The van der Waals surface area contributed by atoms with Gasteiger partial charge in [-0.3, -0.25) is 4.79 Å². The smallest absolute Gasteiger partial charge is 0.241 e. The lowest BCUT2D eigenvalue weighted by molar-refractivity contribution is -0.119. The van der Waals surface area contributed by atoms with Crippen LogP contribution in [0.2, 0.25) is 0 Å². The molecule has 0 bridgehead atoms. The van der Waals surface area contributed by atoms with Gasteiger partial charge in [0.2, 0.25) is 11.7 Å². The van der Waals surface area contributed by atoms with Crippen molar-refractivity contribution in [1.29, 1.82) is 0 Å². The van der Waals surface area contributed by atoms with Crippen molar-refractivity contribution in [1.82, 2.24) is 0 Å². The van der Waals surface area contributed by atoms with E-state index in [1.165, 1.54) is 21.3 Å². The summed E-state index contributed by atoms with van der Waals surface area (Å²) in [5, 5.41) is 2.82. The molecule has 1 atom stereocenters. The van der Waals surface area contributed by atoms with Gasteiger partial charge in [-0.25, -0.2) is 0 Å². The highest BCUT2D eigenvalue weighted by Gasteiger charge is 2.27. The second-order valence-electron chi connectivity index (χ2n) is 5.38. The topological polar surface area (TPSA) is 92.0 Å². The van der Waals surface area contributed by atoms with Crippen LogP contribution in [0.4, 0.5) is 5.69 Å². The first-order valence-corrected chi connectivity index (χ1v) is 7.55. The maximum atomic E-state index is 12.4. The summed E-state index contributed by atoms with van der Waals surface area (Å²) >= 11 is 0. The summed E-state index contributed by atoms with van der Waals surface area (Å²) in [6.45, 7) is 1.30. The van der Waals surface area contributed by atoms with Gasteiger partial charge >= 0.3 is 0 Å². The largest absolute Gasteiger partial charge is 0.493 e. The molecule has 1 aromatic rings. The zero-order valence-corrected chi connectivity index (χ0v) is 15.0. The van der Waals surface area contributed by atoms with Gasteiger partial charge in [0.1, 0.15) is 0 Å². The zero-order chi connectivity index (χ0) is 16.8. The summed E-state index contributed by atoms with van der Waals surface area (Å²) in [5.74, 6) is 1.32. The van der Waals surface area contributed by atoms with Crippen LogP contribution >= 0.6 is 12.4 Å². The molecule has 136 valence electrons. The molecule has 1 fully saturated rings. The Hall–Kier alpha value is -1.70. The van der Waals surface area contributed by atoms with E-state index in [9.17, 15) is 4.79 Å². The van der Waals surface area contributed by atoms with Gasteiger partial charge in [-0.15, -0.1) is 12.4 Å². The quantitative estimate of drug-likeness (QED) is 0.804. The van der Waals surface area contributed by atoms with E-state index >= 15 is 0 Å². The number of hydrogen-bond acceptors (Lipinski definition) is 6. The third kappa shape index (κ3) is 4.66. The second kappa shape index (κ2) is 9.56. The molecule has 3 N–H and O–H groups in total. The minimum absolute atomic E-state index is 0. The van der Waals surface area contributed by atoms with E-state index in [-0.39, 0.29) is 24.2 Å². The molecule has 24 heavy (non-hydrogen) atoms. The van der Waals surface area contributed by atoms with Gasteiger partial charge in [0, 0.05) is 31.0 Å². The Balaban J connectivity index is 0.00000288. The summed E-state index contributed by atoms with van der Waals surface area (Å²) in [6.07, 6.45) is 1.59. The zero-order valence-electron chi connectivity index (χ0n) is 14.2. The van der Waals surface area contributed by atoms with Gasteiger partial charge < -0.3 is 30.0 Å². The van der Waals surface area contributed by atoms with Crippen molar-refractivity contribution in [2.75, 3.05) is 39.9 Å². The molecular weight excluding hydrogens is 336 g/mol. The average Bonchev–Trinajstić information content (AvgIpc) is 2.60. The molecule has 1 aliphatic heterocycles. The van der Waals surface area contributed by atoms with Crippen LogP contribution in [-0.2, 0) is 9.53 Å². The Morgan fingerprint density at radius 2 is 1.71 bits per heavy atom. The highest BCUT2D eigenvalue weighted by atomic mass is 35.5. The molecule has 1 saturated heterocycles. The molecule has 0 radical (unpaired) electrons. The number of halogens is 1. The molecule has 0 aliphatic carbocycles. The van der Waals surface area contributed by atoms with Gasteiger partial charge in [0.25, 0.3) is 0 Å². The molecule has 0 spiro atoms. The Bertz CT molecular complexity index is 524. The van der Waals surface area contributed by atoms with Crippen LogP contribution < -0.4 is 25.3 Å². The number of ether oxygens (including phenoxy) is 4. The molecule has 1 aliphatic rings. The van der Waals surface area contributed by atoms with Crippen molar-refractivity contribution in [2.45, 2.75) is 18.9 Å². The predicted molar refractivity (Wildman–Crippen MR) is 93.5 cm³/mol. The molecule has 1 aromatic carbocycles. The standard InChI is InChI=1S/C16H24N2O5.ClH/c1-20-12-8-11(9-13(21-2)15(12)22-3)18-16(19)14(17)10-4-6-23-7-5-10;/h8-10,14H,4-7,17H2,1-3H3,(H,18,19);1H. The van der Waals surface area contributed by atoms with Crippen LogP contribution in [0.5, 0.6) is 17.2 Å². The van der Waals surface area contributed by atoms with Crippen LogP contribution in [0, 0.1) is 5.92 Å². The Labute approximate surface area is 148 Å². The number of rotatable bonds is 6. The van der Waals surface area contributed by atoms with Crippen molar-refractivity contribution in [3.8, 4) is 17.2 Å². The van der Waals surface area contributed by atoms with E-state index in [1.54, 1.807) is 12.1 Å². The molecule has 1 unspecified atom stereocenters. The number of carbonyl (C=O) groups is 1. The van der Waals surface area contributed by atoms with E-state index in [1.807, 2.05) is 0 Å². The fourth-order valence-electron chi connectivity index (χ4n) is 2.67. The predicted octanol–water partition coefficient (Wildman–Crippen LogP) is 1.83. The highest BCUT2D eigenvalue weighted by Crippen LogP contribution is 2.40. The summed E-state index contributed by atoms with van der Waals surface area (Å²) in [7, 11) is 4.58. The van der Waals surface area contributed by atoms with Crippen molar-refractivity contribution < 1.29 is 23.7 Å². The van der Waals surface area contributed by atoms with Gasteiger partial charge in [-0.2, -0.15) is 0 Å². The van der Waals surface area contributed by atoms with Crippen LogP contribution in [0.25, 0.3) is 0 Å². The fraction of sp³-hybridized carbons (Fsp3) is 0.562. The Morgan fingerprint density at radius 1 is 1.17 bits per heavy atom. The van der Waals surface area contributed by atoms with Gasteiger partial charge in [0.05, 0.1) is 27.4 Å². The summed E-state index contributed by atoms with van der Waals surface area (Å²) in [5.41, 5.74) is 6.63. The number of amides is 1. The Morgan fingerprint density at radius 3 is 2.17 bits per heavy atom. The first kappa shape index (κ1) is 20.3. The highest BCUT2D eigenvalue weighted by molar-refractivity contribution is 5.95. The van der Waals surface area contributed by atoms with Gasteiger partial charge in [-0.05, 0) is 18.8 Å². The van der Waals surface area contributed by atoms with Gasteiger partial charge in [-0.1, -0.05) is 0 Å². The molecule has 1 heterocycles. The van der Waals surface area contributed by atoms with E-state index in [4.69, 9.17) is 24.7 Å². The normalized spacial score (nSPS) is 15.8. The van der Waals surface area contributed by atoms with Gasteiger partial charge in [0.15, 0.2) is 11.5 Å². The molecule has 0 aromatic heterocycles. The SMILES string of the molecule is COc1cc(NC(=O)C(N)C2CCOCC2)cc(OC)c1OC.Cl. The maximum Gasteiger partial charge on any atom is 0.241 e. The second-order valence-corrected chi connectivity index (χ2v) is 5.38. The molecule has 1 amide bonds. The maximum absolute atomic E-state index is 12.4. The van der Waals surface area contributed by atoms with Crippen molar-refractivity contribution >= 4 is 24.0 Å². The first-order valence-electron chi connectivity index (χ1n) is 7.55. The van der Waals surface area contributed by atoms with E-state index in [0.29, 0.717) is 36.1 Å². The number of anilines is 1. The fourth-order valence-corrected chi connectivity index (χ4v) is 2.67. The van der Waals surface area contributed by atoms with Crippen LogP contribution in [0.1, 0.15) is 12.8 Å². The van der Waals surface area contributed by atoms with Crippen LogP contribution in [0.15, 0.2) is 12.1 Å². The lowest BCUT2D eigenvalue weighted by Crippen LogP contribution is -2.44.